The molecule has 0 spiro atoms. The van der Waals surface area contributed by atoms with Crippen molar-refractivity contribution in [1.82, 2.24) is 0 Å². The van der Waals surface area contributed by atoms with Crippen molar-refractivity contribution >= 4 is 14.8 Å². The van der Waals surface area contributed by atoms with Gasteiger partial charge in [0.1, 0.15) is 11.5 Å². The van der Waals surface area contributed by atoms with E-state index in [1.165, 1.54) is 35.8 Å². The topological polar surface area (TPSA) is 35.5 Å². The summed E-state index contributed by atoms with van der Waals surface area (Å²) in [5, 5.41) is 0. The zero-order valence-corrected chi connectivity index (χ0v) is 18.3. The van der Waals surface area contributed by atoms with Crippen LogP contribution in [0, 0.1) is 0 Å². The van der Waals surface area contributed by atoms with Gasteiger partial charge in [-0.1, -0.05) is 36.7 Å². The zero-order valence-electron chi connectivity index (χ0n) is 17.2. The van der Waals surface area contributed by atoms with Gasteiger partial charge in [-0.2, -0.15) is 0 Å². The van der Waals surface area contributed by atoms with Gasteiger partial charge in [0, 0.05) is 8.80 Å². The molecule has 0 saturated carbocycles. The lowest BCUT2D eigenvalue weighted by Gasteiger charge is -2.28. The molecular weight excluding hydrogens is 428 g/mol. The minimum absolute atomic E-state index is 0.139. The standard InChI is InChI=1S/C23H26F4O3Si/c24-13-1-2-14-31-15-11-18(12-16-31)17-3-5-19(6-4-17)22(28)29-20-7-9-21(10-8-20)30-23(25,26)27/h3-10,18,31H,1-2,11-16H2/t18-,31-. The summed E-state index contributed by atoms with van der Waals surface area (Å²) in [6, 6.07) is 15.9. The van der Waals surface area contributed by atoms with Crippen molar-refractivity contribution < 1.29 is 31.8 Å². The van der Waals surface area contributed by atoms with E-state index in [-0.39, 0.29) is 18.2 Å². The molecule has 8 heteroatoms. The van der Waals surface area contributed by atoms with Crippen LogP contribution in [0.1, 0.15) is 47.5 Å². The van der Waals surface area contributed by atoms with Crippen LogP contribution >= 0.6 is 0 Å². The van der Waals surface area contributed by atoms with Crippen LogP contribution in [0.3, 0.4) is 0 Å². The highest BCUT2D eigenvalue weighted by Crippen LogP contribution is 2.35. The molecule has 0 aromatic heterocycles. The van der Waals surface area contributed by atoms with Gasteiger partial charge in [0.15, 0.2) is 0 Å². The van der Waals surface area contributed by atoms with Crippen molar-refractivity contribution in [1.29, 1.82) is 0 Å². The Kier molecular flexibility index (Phi) is 8.12. The molecule has 2 aromatic carbocycles. The van der Waals surface area contributed by atoms with E-state index in [0.717, 1.165) is 31.4 Å². The van der Waals surface area contributed by atoms with E-state index in [1.807, 2.05) is 12.1 Å². The lowest BCUT2D eigenvalue weighted by Crippen LogP contribution is -2.20. The van der Waals surface area contributed by atoms with Crippen molar-refractivity contribution in [2.45, 2.75) is 56.1 Å². The number of carbonyl (C=O) groups excluding carboxylic acids is 1. The van der Waals surface area contributed by atoms with Gasteiger partial charge in [0.2, 0.25) is 0 Å². The Bertz CT molecular complexity index is 829. The summed E-state index contributed by atoms with van der Waals surface area (Å²) < 4.78 is 57.9. The monoisotopic (exact) mass is 454 g/mol. The van der Waals surface area contributed by atoms with Crippen molar-refractivity contribution in [2.75, 3.05) is 6.67 Å². The first-order valence-electron chi connectivity index (χ1n) is 10.6. The first kappa shape index (κ1) is 23.3. The molecule has 1 fully saturated rings. The molecule has 0 unspecified atom stereocenters. The van der Waals surface area contributed by atoms with E-state index in [0.29, 0.717) is 17.9 Å². The fraction of sp³-hybridized carbons (Fsp3) is 0.435. The quantitative estimate of drug-likeness (QED) is 0.147. The Labute approximate surface area is 181 Å². The Balaban J connectivity index is 1.50. The highest BCUT2D eigenvalue weighted by molar-refractivity contribution is 6.59. The highest BCUT2D eigenvalue weighted by atomic mass is 28.3. The van der Waals surface area contributed by atoms with Crippen LogP contribution in [-0.2, 0) is 0 Å². The molecule has 3 nitrogen and oxygen atoms in total. The van der Waals surface area contributed by atoms with E-state index in [2.05, 4.69) is 4.74 Å². The summed E-state index contributed by atoms with van der Waals surface area (Å²) >= 11 is 0. The van der Waals surface area contributed by atoms with Crippen molar-refractivity contribution in [3.8, 4) is 11.5 Å². The summed E-state index contributed by atoms with van der Waals surface area (Å²) in [5.41, 5.74) is 1.59. The average Bonchev–Trinajstić information content (AvgIpc) is 2.75. The lowest BCUT2D eigenvalue weighted by molar-refractivity contribution is -0.274. The number of carbonyl (C=O) groups is 1. The molecule has 1 saturated heterocycles. The molecule has 3 rings (SSSR count). The predicted molar refractivity (Wildman–Crippen MR) is 113 cm³/mol. The molecule has 168 valence electrons. The van der Waals surface area contributed by atoms with E-state index >= 15 is 0 Å². The zero-order chi connectivity index (χ0) is 22.3. The number of alkyl halides is 4. The van der Waals surface area contributed by atoms with Gasteiger partial charge in [-0.15, -0.1) is 13.2 Å². The van der Waals surface area contributed by atoms with E-state index in [4.69, 9.17) is 4.74 Å². The molecule has 0 radical (unpaired) electrons. The molecule has 2 aromatic rings. The largest absolute Gasteiger partial charge is 0.573 e. The molecule has 0 bridgehead atoms. The molecule has 1 aliphatic heterocycles. The Morgan fingerprint density at radius 2 is 1.55 bits per heavy atom. The van der Waals surface area contributed by atoms with Gasteiger partial charge in [-0.25, -0.2) is 4.79 Å². The number of benzene rings is 2. The van der Waals surface area contributed by atoms with Crippen molar-refractivity contribution in [3.63, 3.8) is 0 Å². The van der Waals surface area contributed by atoms with E-state index in [9.17, 15) is 22.4 Å². The molecule has 0 N–H and O–H groups in total. The van der Waals surface area contributed by atoms with Crippen LogP contribution in [0.25, 0.3) is 0 Å². The number of hydrogen-bond acceptors (Lipinski definition) is 3. The normalized spacial score (nSPS) is 19.1. The summed E-state index contributed by atoms with van der Waals surface area (Å²) in [5.74, 6) is -0.312. The third-order valence-corrected chi connectivity index (χ3v) is 9.25. The smallest absolute Gasteiger partial charge is 0.423 e. The summed E-state index contributed by atoms with van der Waals surface area (Å²) in [6.45, 7) is -0.212. The van der Waals surface area contributed by atoms with Crippen LogP contribution < -0.4 is 9.47 Å². The Morgan fingerprint density at radius 3 is 2.13 bits per heavy atom. The second-order valence-electron chi connectivity index (χ2n) is 7.93. The third-order valence-electron chi connectivity index (χ3n) is 5.73. The SMILES string of the molecule is O=C(Oc1ccc(OC(F)(F)F)cc1)c1ccc([C@H]2CC[Si@H](CCCCF)CC2)cc1. The molecule has 0 atom stereocenters. The van der Waals surface area contributed by atoms with Gasteiger partial charge in [0.25, 0.3) is 0 Å². The first-order chi connectivity index (χ1) is 14.8. The third kappa shape index (κ3) is 7.38. The van der Waals surface area contributed by atoms with Crippen molar-refractivity contribution in [2.24, 2.45) is 0 Å². The molecule has 1 heterocycles. The minimum Gasteiger partial charge on any atom is -0.423 e. The van der Waals surface area contributed by atoms with Crippen LogP contribution in [0.2, 0.25) is 18.1 Å². The van der Waals surface area contributed by atoms with Gasteiger partial charge >= 0.3 is 12.3 Å². The van der Waals surface area contributed by atoms with Crippen LogP contribution in [0.4, 0.5) is 17.6 Å². The first-order valence-corrected chi connectivity index (χ1v) is 13.0. The maximum absolute atomic E-state index is 12.3. The second-order valence-corrected chi connectivity index (χ2v) is 11.4. The number of esters is 1. The minimum atomic E-state index is -4.77. The average molecular weight is 455 g/mol. The lowest BCUT2D eigenvalue weighted by atomic mass is 9.93. The number of unbranched alkanes of at least 4 members (excludes halogenated alkanes) is 1. The molecular formula is C23H26F4O3Si. The van der Waals surface area contributed by atoms with Gasteiger partial charge in [-0.3, -0.25) is 4.39 Å². The number of rotatable bonds is 8. The molecule has 1 aliphatic rings. The van der Waals surface area contributed by atoms with Crippen LogP contribution in [0.15, 0.2) is 48.5 Å². The fourth-order valence-corrected chi connectivity index (χ4v) is 7.56. The predicted octanol–water partition coefficient (Wildman–Crippen LogP) is 6.66. The van der Waals surface area contributed by atoms with E-state index in [1.54, 1.807) is 12.1 Å². The summed E-state index contributed by atoms with van der Waals surface area (Å²) in [7, 11) is -0.714. The second kappa shape index (κ2) is 10.8. The maximum Gasteiger partial charge on any atom is 0.573 e. The number of halogens is 4. The van der Waals surface area contributed by atoms with Crippen molar-refractivity contribution in [3.05, 3.63) is 59.7 Å². The fourth-order valence-electron chi connectivity index (χ4n) is 4.08. The highest BCUT2D eigenvalue weighted by Gasteiger charge is 2.31. The van der Waals surface area contributed by atoms with Crippen LogP contribution in [0.5, 0.6) is 11.5 Å². The molecule has 0 amide bonds. The summed E-state index contributed by atoms with van der Waals surface area (Å²) in [6.07, 6.45) is -0.745. The van der Waals surface area contributed by atoms with Gasteiger partial charge in [-0.05, 0) is 67.1 Å². The number of ether oxygens (including phenoxy) is 2. The van der Waals surface area contributed by atoms with E-state index < -0.39 is 21.1 Å². The number of hydrogen-bond donors (Lipinski definition) is 0. The van der Waals surface area contributed by atoms with Gasteiger partial charge in [0.05, 0.1) is 12.2 Å². The van der Waals surface area contributed by atoms with Crippen LogP contribution in [-0.4, -0.2) is 27.8 Å². The Hall–Kier alpha value is -2.35. The molecule has 0 aliphatic carbocycles. The van der Waals surface area contributed by atoms with Gasteiger partial charge < -0.3 is 9.47 Å². The Morgan fingerprint density at radius 1 is 0.935 bits per heavy atom. The maximum atomic E-state index is 12.3. The summed E-state index contributed by atoms with van der Waals surface area (Å²) in [4.78, 5) is 12.3. The molecule has 31 heavy (non-hydrogen) atoms.